The lowest BCUT2D eigenvalue weighted by Gasteiger charge is -2.22. The molecule has 1 aliphatic rings. The Kier molecular flexibility index (Phi) is 4.23. The number of H-pyrrole nitrogens is 1. The van der Waals surface area contributed by atoms with E-state index < -0.39 is 0 Å². The maximum absolute atomic E-state index is 12.1. The van der Waals surface area contributed by atoms with Crippen LogP contribution in [0.25, 0.3) is 11.3 Å². The molecule has 0 atom stereocenters. The van der Waals surface area contributed by atoms with Crippen LogP contribution in [0, 0.1) is 6.92 Å². The number of nitrogens with one attached hydrogen (secondary N) is 1. The fourth-order valence-corrected chi connectivity index (χ4v) is 3.76. The fraction of sp³-hybridized carbons (Fsp3) is 0.526. The van der Waals surface area contributed by atoms with Crippen LogP contribution in [0.15, 0.2) is 29.1 Å². The van der Waals surface area contributed by atoms with E-state index in [2.05, 4.69) is 43.1 Å². The van der Waals surface area contributed by atoms with Crippen LogP contribution in [-0.4, -0.2) is 9.55 Å². The van der Waals surface area contributed by atoms with Gasteiger partial charge in [-0.25, -0.2) is 4.79 Å². The molecule has 118 valence electrons. The standard InChI is InChI=1S/C19H26N2O/c1-13(2)21-18(14(3)20-19(21)22)17-11-9-16(10-12-17)15-7-5-4-6-8-15/h9-13,15H,4-8H2,1-3H3,(H,20,22). The molecule has 3 nitrogen and oxygen atoms in total. The van der Waals surface area contributed by atoms with Crippen molar-refractivity contribution in [2.24, 2.45) is 0 Å². The Morgan fingerprint density at radius 2 is 1.73 bits per heavy atom. The van der Waals surface area contributed by atoms with Crippen LogP contribution < -0.4 is 5.69 Å². The van der Waals surface area contributed by atoms with E-state index in [0.717, 1.165) is 22.9 Å². The van der Waals surface area contributed by atoms with E-state index in [4.69, 9.17) is 0 Å². The van der Waals surface area contributed by atoms with E-state index in [-0.39, 0.29) is 11.7 Å². The van der Waals surface area contributed by atoms with Gasteiger partial charge in [-0.3, -0.25) is 4.57 Å². The van der Waals surface area contributed by atoms with Gasteiger partial charge in [0.25, 0.3) is 0 Å². The van der Waals surface area contributed by atoms with Gasteiger partial charge in [0.05, 0.1) is 5.69 Å². The quantitative estimate of drug-likeness (QED) is 0.870. The minimum atomic E-state index is -0.0149. The van der Waals surface area contributed by atoms with Crippen molar-refractivity contribution in [3.8, 4) is 11.3 Å². The number of aromatic amines is 1. The second-order valence-electron chi connectivity index (χ2n) is 6.82. The van der Waals surface area contributed by atoms with Crippen LogP contribution in [-0.2, 0) is 0 Å². The molecule has 3 heteroatoms. The molecule has 1 aromatic heterocycles. The number of rotatable bonds is 3. The zero-order valence-corrected chi connectivity index (χ0v) is 13.9. The number of nitrogens with zero attached hydrogens (tertiary/aromatic N) is 1. The van der Waals surface area contributed by atoms with Crippen molar-refractivity contribution in [2.75, 3.05) is 0 Å². The third-order valence-electron chi connectivity index (χ3n) is 4.89. The summed E-state index contributed by atoms with van der Waals surface area (Å²) in [5, 5.41) is 0. The van der Waals surface area contributed by atoms with E-state index in [1.807, 2.05) is 11.5 Å². The van der Waals surface area contributed by atoms with Gasteiger partial charge in [-0.05, 0) is 45.1 Å². The van der Waals surface area contributed by atoms with Gasteiger partial charge in [-0.1, -0.05) is 43.5 Å². The highest BCUT2D eigenvalue weighted by molar-refractivity contribution is 5.63. The highest BCUT2D eigenvalue weighted by atomic mass is 16.1. The van der Waals surface area contributed by atoms with Crippen LogP contribution in [0.4, 0.5) is 0 Å². The summed E-state index contributed by atoms with van der Waals surface area (Å²) in [5.41, 5.74) is 4.54. The van der Waals surface area contributed by atoms with Crippen LogP contribution in [0.5, 0.6) is 0 Å². The molecular weight excluding hydrogens is 272 g/mol. The van der Waals surface area contributed by atoms with Gasteiger partial charge in [0.2, 0.25) is 0 Å². The largest absolute Gasteiger partial charge is 0.326 e. The van der Waals surface area contributed by atoms with Crippen molar-refractivity contribution < 1.29 is 0 Å². The Morgan fingerprint density at radius 1 is 1.09 bits per heavy atom. The Bertz CT molecular complexity index is 685. The maximum atomic E-state index is 12.1. The number of hydrogen-bond acceptors (Lipinski definition) is 1. The minimum absolute atomic E-state index is 0.0149. The zero-order chi connectivity index (χ0) is 15.7. The molecule has 1 aliphatic carbocycles. The average Bonchev–Trinajstić information content (AvgIpc) is 2.83. The molecule has 0 saturated heterocycles. The molecule has 1 saturated carbocycles. The topological polar surface area (TPSA) is 37.8 Å². The summed E-state index contributed by atoms with van der Waals surface area (Å²) in [6, 6.07) is 9.03. The summed E-state index contributed by atoms with van der Waals surface area (Å²) < 4.78 is 1.85. The Labute approximate surface area is 132 Å². The number of aryl methyl sites for hydroxylation is 1. The Morgan fingerprint density at radius 3 is 2.32 bits per heavy atom. The molecule has 0 aliphatic heterocycles. The summed E-state index contributed by atoms with van der Waals surface area (Å²) in [4.78, 5) is 15.0. The number of imidazole rings is 1. The van der Waals surface area contributed by atoms with Crippen molar-refractivity contribution in [1.82, 2.24) is 9.55 Å². The predicted octanol–water partition coefficient (Wildman–Crippen LogP) is 4.78. The zero-order valence-electron chi connectivity index (χ0n) is 13.9. The molecule has 0 amide bonds. The first-order chi connectivity index (χ1) is 10.6. The van der Waals surface area contributed by atoms with Gasteiger partial charge < -0.3 is 4.98 Å². The number of hydrogen-bond donors (Lipinski definition) is 1. The molecule has 2 aromatic rings. The fourth-order valence-electron chi connectivity index (χ4n) is 3.76. The van der Waals surface area contributed by atoms with Crippen LogP contribution in [0.3, 0.4) is 0 Å². The SMILES string of the molecule is Cc1[nH]c(=O)n(C(C)C)c1-c1ccc(C2CCCCC2)cc1. The van der Waals surface area contributed by atoms with E-state index in [1.165, 1.54) is 37.7 Å². The molecule has 0 unspecified atom stereocenters. The highest BCUT2D eigenvalue weighted by Gasteiger charge is 2.18. The summed E-state index contributed by atoms with van der Waals surface area (Å²) in [7, 11) is 0. The van der Waals surface area contributed by atoms with Gasteiger partial charge in [-0.15, -0.1) is 0 Å². The number of benzene rings is 1. The van der Waals surface area contributed by atoms with Crippen LogP contribution in [0.1, 0.15) is 69.2 Å². The van der Waals surface area contributed by atoms with E-state index in [1.54, 1.807) is 0 Å². The van der Waals surface area contributed by atoms with E-state index in [0.29, 0.717) is 0 Å². The first-order valence-electron chi connectivity index (χ1n) is 8.49. The van der Waals surface area contributed by atoms with E-state index in [9.17, 15) is 4.79 Å². The van der Waals surface area contributed by atoms with Gasteiger partial charge >= 0.3 is 5.69 Å². The number of aromatic nitrogens is 2. The second-order valence-corrected chi connectivity index (χ2v) is 6.82. The normalized spacial score (nSPS) is 16.4. The lowest BCUT2D eigenvalue weighted by molar-refractivity contribution is 0.443. The smallest absolute Gasteiger partial charge is 0.309 e. The summed E-state index contributed by atoms with van der Waals surface area (Å²) in [6.45, 7) is 6.08. The molecule has 1 aromatic carbocycles. The van der Waals surface area contributed by atoms with Crippen molar-refractivity contribution in [2.45, 2.75) is 64.8 Å². The van der Waals surface area contributed by atoms with Crippen molar-refractivity contribution in [3.63, 3.8) is 0 Å². The van der Waals surface area contributed by atoms with Gasteiger partial charge in [0.15, 0.2) is 0 Å². The van der Waals surface area contributed by atoms with Gasteiger partial charge in [0, 0.05) is 17.3 Å². The molecule has 0 bridgehead atoms. The predicted molar refractivity (Wildman–Crippen MR) is 91.4 cm³/mol. The Balaban J connectivity index is 1.95. The van der Waals surface area contributed by atoms with Crippen molar-refractivity contribution >= 4 is 0 Å². The maximum Gasteiger partial charge on any atom is 0.326 e. The molecule has 0 radical (unpaired) electrons. The third kappa shape index (κ3) is 2.77. The van der Waals surface area contributed by atoms with Crippen LogP contribution >= 0.6 is 0 Å². The van der Waals surface area contributed by atoms with E-state index >= 15 is 0 Å². The minimum Gasteiger partial charge on any atom is -0.309 e. The second kappa shape index (κ2) is 6.15. The summed E-state index contributed by atoms with van der Waals surface area (Å²) >= 11 is 0. The molecular formula is C19H26N2O. The average molecular weight is 298 g/mol. The van der Waals surface area contributed by atoms with Crippen molar-refractivity contribution in [3.05, 3.63) is 46.0 Å². The van der Waals surface area contributed by atoms with Gasteiger partial charge in [-0.2, -0.15) is 0 Å². The molecule has 22 heavy (non-hydrogen) atoms. The Hall–Kier alpha value is -1.77. The molecule has 3 rings (SSSR count). The highest BCUT2D eigenvalue weighted by Crippen LogP contribution is 2.34. The molecule has 0 spiro atoms. The first-order valence-corrected chi connectivity index (χ1v) is 8.49. The van der Waals surface area contributed by atoms with Crippen molar-refractivity contribution in [1.29, 1.82) is 0 Å². The summed E-state index contributed by atoms with van der Waals surface area (Å²) in [5.74, 6) is 0.724. The first kappa shape index (κ1) is 15.1. The lowest BCUT2D eigenvalue weighted by atomic mass is 9.84. The summed E-state index contributed by atoms with van der Waals surface area (Å²) in [6.07, 6.45) is 6.74. The molecule has 1 N–H and O–H groups in total. The third-order valence-corrected chi connectivity index (χ3v) is 4.89. The molecule has 1 fully saturated rings. The van der Waals surface area contributed by atoms with Crippen LogP contribution in [0.2, 0.25) is 0 Å². The molecule has 1 heterocycles. The lowest BCUT2D eigenvalue weighted by Crippen LogP contribution is -2.19. The van der Waals surface area contributed by atoms with Gasteiger partial charge in [0.1, 0.15) is 0 Å². The monoisotopic (exact) mass is 298 g/mol.